The summed E-state index contributed by atoms with van der Waals surface area (Å²) in [5.41, 5.74) is 7.25. The largest absolute Gasteiger partial charge is 0.497 e. The van der Waals surface area contributed by atoms with Gasteiger partial charge in [-0.3, -0.25) is 0 Å². The Hall–Kier alpha value is -2.15. The van der Waals surface area contributed by atoms with Crippen LogP contribution in [0.5, 0.6) is 5.75 Å². The molecule has 0 radical (unpaired) electrons. The zero-order valence-corrected chi connectivity index (χ0v) is 11.2. The molecular weight excluding hydrogens is 246 g/mol. The number of ether oxygens (including phenoxy) is 2. The lowest BCUT2D eigenvalue weighted by Crippen LogP contribution is -2.14. The van der Waals surface area contributed by atoms with Gasteiger partial charge in [-0.25, -0.2) is 4.68 Å². The molecule has 1 aromatic carbocycles. The summed E-state index contributed by atoms with van der Waals surface area (Å²) in [5.74, 6) is 1.30. The number of nitrogens with zero attached hydrogens (tertiary/aromatic N) is 4. The predicted molar refractivity (Wildman–Crippen MR) is 70.8 cm³/mol. The van der Waals surface area contributed by atoms with Crippen molar-refractivity contribution in [1.29, 1.82) is 0 Å². The van der Waals surface area contributed by atoms with E-state index in [1.165, 1.54) is 0 Å². The Balaban J connectivity index is 2.42. The van der Waals surface area contributed by atoms with Crippen LogP contribution in [0, 0.1) is 0 Å². The van der Waals surface area contributed by atoms with Gasteiger partial charge in [-0.2, -0.15) is 0 Å². The number of nitrogen functional groups attached to an aromatic ring is 1. The van der Waals surface area contributed by atoms with Gasteiger partial charge >= 0.3 is 0 Å². The SMILES string of the molecule is COCC(C)n1nnnc1-c1cc(N)cc(OC)c1. The smallest absolute Gasteiger partial charge is 0.182 e. The first-order valence-electron chi connectivity index (χ1n) is 5.87. The second-order valence-corrected chi connectivity index (χ2v) is 4.25. The minimum Gasteiger partial charge on any atom is -0.497 e. The minimum absolute atomic E-state index is 0.0300. The van der Waals surface area contributed by atoms with Crippen molar-refractivity contribution in [3.8, 4) is 17.1 Å². The van der Waals surface area contributed by atoms with Gasteiger partial charge in [-0.1, -0.05) is 0 Å². The molecule has 0 aliphatic heterocycles. The van der Waals surface area contributed by atoms with Gasteiger partial charge in [-0.15, -0.1) is 5.10 Å². The lowest BCUT2D eigenvalue weighted by atomic mass is 10.1. The predicted octanol–water partition coefficient (Wildman–Crippen LogP) is 1.14. The van der Waals surface area contributed by atoms with E-state index in [2.05, 4.69) is 15.5 Å². The molecule has 1 unspecified atom stereocenters. The van der Waals surface area contributed by atoms with Gasteiger partial charge in [0, 0.05) is 24.4 Å². The highest BCUT2D eigenvalue weighted by Crippen LogP contribution is 2.26. The van der Waals surface area contributed by atoms with E-state index in [-0.39, 0.29) is 6.04 Å². The number of hydrogen-bond donors (Lipinski definition) is 1. The number of aromatic nitrogens is 4. The highest BCUT2D eigenvalue weighted by Gasteiger charge is 2.15. The molecular formula is C12H17N5O2. The van der Waals surface area contributed by atoms with E-state index < -0.39 is 0 Å². The zero-order chi connectivity index (χ0) is 13.8. The molecule has 7 heteroatoms. The molecule has 0 aliphatic carbocycles. The third kappa shape index (κ3) is 2.82. The van der Waals surface area contributed by atoms with Gasteiger partial charge in [0.05, 0.1) is 19.8 Å². The number of anilines is 1. The first kappa shape index (κ1) is 13.3. The molecule has 7 nitrogen and oxygen atoms in total. The van der Waals surface area contributed by atoms with Crippen molar-refractivity contribution in [3.63, 3.8) is 0 Å². The van der Waals surface area contributed by atoms with Crippen LogP contribution in [0.25, 0.3) is 11.4 Å². The summed E-state index contributed by atoms with van der Waals surface area (Å²) in [5, 5.41) is 11.7. The van der Waals surface area contributed by atoms with E-state index in [1.807, 2.05) is 19.1 Å². The molecule has 0 saturated carbocycles. The van der Waals surface area contributed by atoms with Crippen molar-refractivity contribution in [2.75, 3.05) is 26.6 Å². The Morgan fingerprint density at radius 3 is 2.79 bits per heavy atom. The molecule has 1 heterocycles. The van der Waals surface area contributed by atoms with E-state index in [1.54, 1.807) is 25.0 Å². The quantitative estimate of drug-likeness (QED) is 0.814. The van der Waals surface area contributed by atoms with Crippen LogP contribution in [0.15, 0.2) is 18.2 Å². The first-order valence-corrected chi connectivity index (χ1v) is 5.87. The number of benzene rings is 1. The van der Waals surface area contributed by atoms with Crippen LogP contribution in [-0.4, -0.2) is 41.0 Å². The van der Waals surface area contributed by atoms with Crippen molar-refractivity contribution < 1.29 is 9.47 Å². The maximum absolute atomic E-state index is 5.84. The third-order valence-corrected chi connectivity index (χ3v) is 2.74. The van der Waals surface area contributed by atoms with Crippen molar-refractivity contribution in [2.45, 2.75) is 13.0 Å². The molecule has 0 bridgehead atoms. The monoisotopic (exact) mass is 263 g/mol. The molecule has 0 saturated heterocycles. The van der Waals surface area contributed by atoms with Crippen LogP contribution >= 0.6 is 0 Å². The fraction of sp³-hybridized carbons (Fsp3) is 0.417. The molecule has 0 spiro atoms. The van der Waals surface area contributed by atoms with E-state index in [0.717, 1.165) is 5.56 Å². The van der Waals surface area contributed by atoms with Gasteiger partial charge in [0.1, 0.15) is 5.75 Å². The molecule has 2 aromatic rings. The fourth-order valence-corrected chi connectivity index (χ4v) is 1.86. The molecule has 19 heavy (non-hydrogen) atoms. The van der Waals surface area contributed by atoms with Crippen LogP contribution in [0.3, 0.4) is 0 Å². The molecule has 1 aromatic heterocycles. The summed E-state index contributed by atoms with van der Waals surface area (Å²) >= 11 is 0. The lowest BCUT2D eigenvalue weighted by molar-refractivity contribution is 0.156. The summed E-state index contributed by atoms with van der Waals surface area (Å²) in [6, 6.07) is 5.43. The topological polar surface area (TPSA) is 88.1 Å². The van der Waals surface area contributed by atoms with Crippen LogP contribution in [0.4, 0.5) is 5.69 Å². The molecule has 2 rings (SSSR count). The summed E-state index contributed by atoms with van der Waals surface area (Å²) in [7, 11) is 3.24. The number of methoxy groups -OCH3 is 2. The second kappa shape index (κ2) is 5.66. The Labute approximate surface area is 111 Å². The minimum atomic E-state index is 0.0300. The number of nitrogens with two attached hydrogens (primary N) is 1. The Morgan fingerprint density at radius 2 is 2.11 bits per heavy atom. The summed E-state index contributed by atoms with van der Waals surface area (Å²) in [4.78, 5) is 0. The van der Waals surface area contributed by atoms with E-state index in [4.69, 9.17) is 15.2 Å². The third-order valence-electron chi connectivity index (χ3n) is 2.74. The van der Waals surface area contributed by atoms with Gasteiger partial charge in [-0.05, 0) is 29.5 Å². The molecule has 0 fully saturated rings. The first-order chi connectivity index (χ1) is 9.15. The highest BCUT2D eigenvalue weighted by atomic mass is 16.5. The molecule has 102 valence electrons. The van der Waals surface area contributed by atoms with Gasteiger partial charge in [0.2, 0.25) is 0 Å². The van der Waals surface area contributed by atoms with Crippen molar-refractivity contribution in [1.82, 2.24) is 20.2 Å². The number of rotatable bonds is 5. The summed E-state index contributed by atoms with van der Waals surface area (Å²) < 4.78 is 12.0. The number of tetrazole rings is 1. The van der Waals surface area contributed by atoms with Crippen molar-refractivity contribution >= 4 is 5.69 Å². The Kier molecular flexibility index (Phi) is 3.96. The van der Waals surface area contributed by atoms with E-state index in [0.29, 0.717) is 23.9 Å². The molecule has 1 atom stereocenters. The van der Waals surface area contributed by atoms with Gasteiger partial charge in [0.25, 0.3) is 0 Å². The second-order valence-electron chi connectivity index (χ2n) is 4.25. The lowest BCUT2D eigenvalue weighted by Gasteiger charge is -2.13. The van der Waals surface area contributed by atoms with Gasteiger partial charge < -0.3 is 15.2 Å². The summed E-state index contributed by atoms with van der Waals surface area (Å²) in [6.07, 6.45) is 0. The normalized spacial score (nSPS) is 12.4. The van der Waals surface area contributed by atoms with Crippen molar-refractivity contribution in [2.24, 2.45) is 0 Å². The zero-order valence-electron chi connectivity index (χ0n) is 11.2. The number of hydrogen-bond acceptors (Lipinski definition) is 6. The maximum Gasteiger partial charge on any atom is 0.182 e. The highest BCUT2D eigenvalue weighted by molar-refractivity contribution is 5.64. The molecule has 2 N–H and O–H groups in total. The maximum atomic E-state index is 5.84. The molecule has 0 amide bonds. The average Bonchev–Trinajstić information content (AvgIpc) is 2.87. The van der Waals surface area contributed by atoms with Crippen LogP contribution < -0.4 is 10.5 Å². The van der Waals surface area contributed by atoms with Gasteiger partial charge in [0.15, 0.2) is 5.82 Å². The molecule has 0 aliphatic rings. The fourth-order valence-electron chi connectivity index (χ4n) is 1.86. The average molecular weight is 263 g/mol. The van der Waals surface area contributed by atoms with Crippen LogP contribution in [0.2, 0.25) is 0 Å². The van der Waals surface area contributed by atoms with E-state index >= 15 is 0 Å². The van der Waals surface area contributed by atoms with E-state index in [9.17, 15) is 0 Å². The summed E-state index contributed by atoms with van der Waals surface area (Å²) in [6.45, 7) is 2.50. The standard InChI is InChI=1S/C12H17N5O2/c1-8(7-18-2)17-12(14-15-16-17)9-4-10(13)6-11(5-9)19-3/h4-6,8H,7,13H2,1-3H3. The van der Waals surface area contributed by atoms with Crippen LogP contribution in [0.1, 0.15) is 13.0 Å². The van der Waals surface area contributed by atoms with Crippen LogP contribution in [-0.2, 0) is 4.74 Å². The van der Waals surface area contributed by atoms with Crippen molar-refractivity contribution in [3.05, 3.63) is 18.2 Å². The Bertz CT molecular complexity index is 555. The Morgan fingerprint density at radius 1 is 1.32 bits per heavy atom.